The van der Waals surface area contributed by atoms with Crippen LogP contribution in [0.15, 0.2) is 39.3 Å². The molecule has 0 fully saturated rings. The van der Waals surface area contributed by atoms with Gasteiger partial charge in [0.1, 0.15) is 5.75 Å². The summed E-state index contributed by atoms with van der Waals surface area (Å²) in [6, 6.07) is 10.2. The minimum absolute atomic E-state index is 0.857. The molecule has 0 radical (unpaired) electrons. The Morgan fingerprint density at radius 1 is 1.07 bits per heavy atom. The summed E-state index contributed by atoms with van der Waals surface area (Å²) in [4.78, 5) is 0. The summed E-state index contributed by atoms with van der Waals surface area (Å²) in [7, 11) is 1.67. The number of rotatable bonds is 1. The number of fused-ring (bicyclic) bond motifs is 1. The van der Waals surface area contributed by atoms with Crippen LogP contribution >= 0.6 is 31.9 Å². The van der Waals surface area contributed by atoms with E-state index < -0.39 is 0 Å². The fourth-order valence-corrected chi connectivity index (χ4v) is 2.39. The van der Waals surface area contributed by atoms with Gasteiger partial charge in [0.25, 0.3) is 0 Å². The molecule has 0 spiro atoms. The van der Waals surface area contributed by atoms with Gasteiger partial charge in [-0.1, -0.05) is 28.1 Å². The molecule has 0 aromatic heterocycles. The largest absolute Gasteiger partial charge is 0.496 e. The smallest absolute Gasteiger partial charge is 0.133 e. The van der Waals surface area contributed by atoms with Gasteiger partial charge < -0.3 is 4.74 Å². The van der Waals surface area contributed by atoms with Crippen LogP contribution in [0.2, 0.25) is 0 Å². The van der Waals surface area contributed by atoms with E-state index in [4.69, 9.17) is 4.74 Å². The van der Waals surface area contributed by atoms with E-state index in [1.807, 2.05) is 18.2 Å². The molecule has 0 unspecified atom stereocenters. The van der Waals surface area contributed by atoms with Crippen molar-refractivity contribution < 1.29 is 4.74 Å². The maximum Gasteiger partial charge on any atom is 0.133 e. The predicted molar refractivity (Wildman–Crippen MR) is 65.9 cm³/mol. The van der Waals surface area contributed by atoms with Crippen molar-refractivity contribution >= 4 is 42.6 Å². The summed E-state index contributed by atoms with van der Waals surface area (Å²) < 4.78 is 7.30. The van der Waals surface area contributed by atoms with Gasteiger partial charge in [-0.3, -0.25) is 0 Å². The van der Waals surface area contributed by atoms with E-state index in [0.717, 1.165) is 20.1 Å². The molecule has 0 heterocycles. The molecule has 0 aliphatic carbocycles. The lowest BCUT2D eigenvalue weighted by atomic mass is 10.1. The van der Waals surface area contributed by atoms with Crippen LogP contribution in [0, 0.1) is 0 Å². The molecular weight excluding hydrogens is 308 g/mol. The second-order valence-electron chi connectivity index (χ2n) is 2.95. The number of hydrogen-bond acceptors (Lipinski definition) is 1. The lowest BCUT2D eigenvalue weighted by Gasteiger charge is -2.06. The summed E-state index contributed by atoms with van der Waals surface area (Å²) >= 11 is 6.98. The first-order chi connectivity index (χ1) is 6.72. The van der Waals surface area contributed by atoms with Crippen molar-refractivity contribution in [1.82, 2.24) is 0 Å². The molecular formula is C11H8Br2O. The monoisotopic (exact) mass is 314 g/mol. The molecule has 0 atom stereocenters. The maximum atomic E-state index is 5.23. The fraction of sp³-hybridized carbons (Fsp3) is 0.0909. The highest BCUT2D eigenvalue weighted by molar-refractivity contribution is 9.11. The number of halogens is 2. The van der Waals surface area contributed by atoms with Crippen molar-refractivity contribution in [1.29, 1.82) is 0 Å². The third-order valence-electron chi connectivity index (χ3n) is 2.10. The summed E-state index contributed by atoms with van der Waals surface area (Å²) in [6.07, 6.45) is 0. The van der Waals surface area contributed by atoms with Gasteiger partial charge in [-0.15, -0.1) is 0 Å². The van der Waals surface area contributed by atoms with E-state index >= 15 is 0 Å². The first-order valence-corrected chi connectivity index (χ1v) is 5.73. The quantitative estimate of drug-likeness (QED) is 0.759. The van der Waals surface area contributed by atoms with Crippen LogP contribution in [0.4, 0.5) is 0 Å². The Balaban J connectivity index is 2.79. The minimum Gasteiger partial charge on any atom is -0.496 e. The van der Waals surface area contributed by atoms with Gasteiger partial charge in [0.05, 0.1) is 11.6 Å². The fourth-order valence-electron chi connectivity index (χ4n) is 1.39. The molecule has 2 rings (SSSR count). The van der Waals surface area contributed by atoms with E-state index in [2.05, 4.69) is 44.0 Å². The highest BCUT2D eigenvalue weighted by Crippen LogP contribution is 2.34. The van der Waals surface area contributed by atoms with Crippen LogP contribution in [0.3, 0.4) is 0 Å². The average molecular weight is 316 g/mol. The number of hydrogen-bond donors (Lipinski definition) is 0. The molecule has 72 valence electrons. The molecule has 0 saturated carbocycles. The van der Waals surface area contributed by atoms with Gasteiger partial charge in [-0.25, -0.2) is 0 Å². The van der Waals surface area contributed by atoms with Crippen molar-refractivity contribution in [2.24, 2.45) is 0 Å². The standard InChI is InChI=1S/C11H8Br2O/c1-14-10-5-3-7-2-4-8(12)6-9(7)11(10)13/h2-6H,1H3. The third kappa shape index (κ3) is 1.66. The topological polar surface area (TPSA) is 9.23 Å². The van der Waals surface area contributed by atoms with E-state index in [1.54, 1.807) is 7.11 Å². The highest BCUT2D eigenvalue weighted by atomic mass is 79.9. The zero-order valence-corrected chi connectivity index (χ0v) is 10.7. The van der Waals surface area contributed by atoms with Crippen molar-refractivity contribution in [3.63, 3.8) is 0 Å². The molecule has 2 aromatic carbocycles. The van der Waals surface area contributed by atoms with Gasteiger partial charge in [0.15, 0.2) is 0 Å². The molecule has 0 N–H and O–H groups in total. The van der Waals surface area contributed by atoms with Crippen LogP contribution in [0.25, 0.3) is 10.8 Å². The number of methoxy groups -OCH3 is 1. The Labute approximate surface area is 99.3 Å². The van der Waals surface area contributed by atoms with E-state index in [0.29, 0.717) is 0 Å². The van der Waals surface area contributed by atoms with Crippen LogP contribution in [0.5, 0.6) is 5.75 Å². The van der Waals surface area contributed by atoms with Crippen LogP contribution in [-0.2, 0) is 0 Å². The highest BCUT2D eigenvalue weighted by Gasteiger charge is 2.04. The van der Waals surface area contributed by atoms with Crippen LogP contribution in [-0.4, -0.2) is 7.11 Å². The van der Waals surface area contributed by atoms with Gasteiger partial charge in [-0.2, -0.15) is 0 Å². The van der Waals surface area contributed by atoms with Crippen molar-refractivity contribution in [2.45, 2.75) is 0 Å². The second kappa shape index (κ2) is 3.91. The molecule has 2 aromatic rings. The second-order valence-corrected chi connectivity index (χ2v) is 4.66. The Morgan fingerprint density at radius 3 is 2.50 bits per heavy atom. The summed E-state index contributed by atoms with van der Waals surface area (Å²) in [5, 5.41) is 2.35. The number of ether oxygens (including phenoxy) is 1. The van der Waals surface area contributed by atoms with Crippen LogP contribution in [0.1, 0.15) is 0 Å². The molecule has 0 amide bonds. The predicted octanol–water partition coefficient (Wildman–Crippen LogP) is 4.37. The normalized spacial score (nSPS) is 10.5. The third-order valence-corrected chi connectivity index (χ3v) is 3.41. The zero-order valence-electron chi connectivity index (χ0n) is 7.55. The average Bonchev–Trinajstić information content (AvgIpc) is 2.20. The SMILES string of the molecule is COc1ccc2ccc(Br)cc2c1Br. The van der Waals surface area contributed by atoms with Crippen LogP contribution < -0.4 is 4.74 Å². The Kier molecular flexibility index (Phi) is 2.79. The number of benzene rings is 2. The Bertz CT molecular complexity index is 480. The molecule has 3 heteroatoms. The first-order valence-electron chi connectivity index (χ1n) is 4.14. The first kappa shape index (κ1) is 9.99. The maximum absolute atomic E-state index is 5.23. The van der Waals surface area contributed by atoms with E-state index in [1.165, 1.54) is 5.39 Å². The molecule has 0 saturated heterocycles. The van der Waals surface area contributed by atoms with Gasteiger partial charge in [0.2, 0.25) is 0 Å². The van der Waals surface area contributed by atoms with Crippen molar-refractivity contribution in [3.8, 4) is 5.75 Å². The molecule has 0 aliphatic heterocycles. The molecule has 14 heavy (non-hydrogen) atoms. The van der Waals surface area contributed by atoms with Crippen molar-refractivity contribution in [2.75, 3.05) is 7.11 Å². The molecule has 1 nitrogen and oxygen atoms in total. The molecule has 0 bridgehead atoms. The lowest BCUT2D eigenvalue weighted by Crippen LogP contribution is -1.85. The molecule has 0 aliphatic rings. The van der Waals surface area contributed by atoms with Gasteiger partial charge >= 0.3 is 0 Å². The Morgan fingerprint density at radius 2 is 1.79 bits per heavy atom. The van der Waals surface area contributed by atoms with Gasteiger partial charge in [0, 0.05) is 9.86 Å². The summed E-state index contributed by atoms with van der Waals surface area (Å²) in [5.41, 5.74) is 0. The minimum atomic E-state index is 0.857. The lowest BCUT2D eigenvalue weighted by molar-refractivity contribution is 0.413. The van der Waals surface area contributed by atoms with E-state index in [9.17, 15) is 0 Å². The van der Waals surface area contributed by atoms with E-state index in [-0.39, 0.29) is 0 Å². The van der Waals surface area contributed by atoms with Gasteiger partial charge in [-0.05, 0) is 39.5 Å². The Hall–Kier alpha value is -0.540. The summed E-state index contributed by atoms with van der Waals surface area (Å²) in [5.74, 6) is 0.857. The zero-order chi connectivity index (χ0) is 10.1. The van der Waals surface area contributed by atoms with Crippen molar-refractivity contribution in [3.05, 3.63) is 39.3 Å². The summed E-state index contributed by atoms with van der Waals surface area (Å²) in [6.45, 7) is 0.